The van der Waals surface area contributed by atoms with E-state index < -0.39 is 18.1 Å². The Morgan fingerprint density at radius 1 is 1.57 bits per heavy atom. The van der Waals surface area contributed by atoms with Crippen LogP contribution in [0.1, 0.15) is 30.3 Å². The van der Waals surface area contributed by atoms with E-state index in [0.717, 1.165) is 15.3 Å². The van der Waals surface area contributed by atoms with Crippen LogP contribution < -0.4 is 10.6 Å². The van der Waals surface area contributed by atoms with E-state index in [9.17, 15) is 14.9 Å². The van der Waals surface area contributed by atoms with Gasteiger partial charge in [0.15, 0.2) is 0 Å². The Morgan fingerprint density at radius 2 is 2.29 bits per heavy atom. The van der Waals surface area contributed by atoms with Gasteiger partial charge in [0.1, 0.15) is 6.04 Å². The molecule has 6 nitrogen and oxygen atoms in total. The number of aryl methyl sites for hydroxylation is 1. The second-order valence-corrected chi connectivity index (χ2v) is 5.60. The molecule has 0 spiro atoms. The van der Waals surface area contributed by atoms with E-state index in [-0.39, 0.29) is 0 Å². The molecular weight excluding hydrogens is 288 g/mol. The van der Waals surface area contributed by atoms with E-state index in [2.05, 4.69) is 16.7 Å². The number of allylic oxidation sites excluding steroid dienone is 1. The van der Waals surface area contributed by atoms with Crippen LogP contribution in [-0.4, -0.2) is 23.5 Å². The molecule has 0 fully saturated rings. The first-order valence-electron chi connectivity index (χ1n) is 6.54. The number of carbonyl (C=O) groups excluding carboxylic acids is 2. The molecular formula is C14H16N4O2S. The summed E-state index contributed by atoms with van der Waals surface area (Å²) in [5.74, 6) is 0. The van der Waals surface area contributed by atoms with Gasteiger partial charge in [-0.25, -0.2) is 14.5 Å². The first-order valence-corrected chi connectivity index (χ1v) is 7.42. The number of nitriles is 1. The standard InChI is InChI=1S/C14H16N4O2S/c1-4-16-13(19)18-11(12-8(2)5-6-21-12)10(7-15)9(3)17-14(18)20/h5-6,11H,4H2,1-3H3,(H,16,19)(H,17,20). The molecule has 21 heavy (non-hydrogen) atoms. The smallest absolute Gasteiger partial charge is 0.330 e. The van der Waals surface area contributed by atoms with Gasteiger partial charge in [-0.2, -0.15) is 5.26 Å². The van der Waals surface area contributed by atoms with E-state index in [1.807, 2.05) is 18.4 Å². The predicted molar refractivity (Wildman–Crippen MR) is 79.6 cm³/mol. The highest BCUT2D eigenvalue weighted by molar-refractivity contribution is 7.10. The molecule has 1 atom stereocenters. The van der Waals surface area contributed by atoms with Gasteiger partial charge in [-0.15, -0.1) is 11.3 Å². The molecule has 0 aliphatic carbocycles. The number of rotatable bonds is 2. The number of thiophene rings is 1. The fourth-order valence-corrected chi connectivity index (χ4v) is 3.27. The van der Waals surface area contributed by atoms with E-state index in [1.165, 1.54) is 11.3 Å². The van der Waals surface area contributed by atoms with Crippen molar-refractivity contribution >= 4 is 23.4 Å². The zero-order chi connectivity index (χ0) is 15.6. The fourth-order valence-electron chi connectivity index (χ4n) is 2.24. The van der Waals surface area contributed by atoms with Crippen LogP contribution in [-0.2, 0) is 0 Å². The zero-order valence-corrected chi connectivity index (χ0v) is 12.9. The molecule has 0 radical (unpaired) electrons. The van der Waals surface area contributed by atoms with Crippen LogP contribution in [0.3, 0.4) is 0 Å². The minimum atomic E-state index is -0.671. The summed E-state index contributed by atoms with van der Waals surface area (Å²) in [5, 5.41) is 16.5. The summed E-state index contributed by atoms with van der Waals surface area (Å²) in [6, 6.07) is 2.33. The fraction of sp³-hybridized carbons (Fsp3) is 0.357. The molecule has 2 rings (SSSR count). The Morgan fingerprint density at radius 3 is 2.81 bits per heavy atom. The lowest BCUT2D eigenvalue weighted by atomic mass is 9.99. The molecule has 0 bridgehead atoms. The first-order chi connectivity index (χ1) is 10.0. The number of hydrogen-bond acceptors (Lipinski definition) is 4. The van der Waals surface area contributed by atoms with Crippen LogP contribution in [0.4, 0.5) is 9.59 Å². The Balaban J connectivity index is 2.57. The normalized spacial score (nSPS) is 18.3. The minimum Gasteiger partial charge on any atom is -0.338 e. The van der Waals surface area contributed by atoms with Crippen molar-refractivity contribution in [2.24, 2.45) is 0 Å². The monoisotopic (exact) mass is 304 g/mol. The van der Waals surface area contributed by atoms with E-state index >= 15 is 0 Å². The number of nitrogens with zero attached hydrogens (tertiary/aromatic N) is 2. The molecule has 0 saturated heterocycles. The van der Waals surface area contributed by atoms with Crippen molar-refractivity contribution < 1.29 is 9.59 Å². The molecule has 0 saturated carbocycles. The molecule has 1 aromatic heterocycles. The Bertz CT molecular complexity index is 656. The number of amides is 4. The second-order valence-electron chi connectivity index (χ2n) is 4.66. The summed E-state index contributed by atoms with van der Waals surface area (Å²) >= 11 is 1.43. The Kier molecular flexibility index (Phi) is 4.29. The van der Waals surface area contributed by atoms with Gasteiger partial charge in [-0.3, -0.25) is 0 Å². The highest BCUT2D eigenvalue weighted by Gasteiger charge is 2.39. The van der Waals surface area contributed by atoms with Crippen molar-refractivity contribution in [3.63, 3.8) is 0 Å². The third-order valence-electron chi connectivity index (χ3n) is 3.27. The zero-order valence-electron chi connectivity index (χ0n) is 12.1. The summed E-state index contributed by atoms with van der Waals surface area (Å²) in [7, 11) is 0. The van der Waals surface area contributed by atoms with Gasteiger partial charge in [-0.1, -0.05) is 0 Å². The highest BCUT2D eigenvalue weighted by atomic mass is 32.1. The number of carbonyl (C=O) groups is 2. The van der Waals surface area contributed by atoms with Gasteiger partial charge in [0.2, 0.25) is 0 Å². The molecule has 7 heteroatoms. The molecule has 2 heterocycles. The number of imide groups is 1. The molecule has 1 unspecified atom stereocenters. The topological polar surface area (TPSA) is 85.2 Å². The van der Waals surface area contributed by atoms with Crippen LogP contribution >= 0.6 is 11.3 Å². The average Bonchev–Trinajstić information content (AvgIpc) is 2.84. The largest absolute Gasteiger partial charge is 0.338 e. The number of nitrogens with one attached hydrogen (secondary N) is 2. The second kappa shape index (κ2) is 5.97. The van der Waals surface area contributed by atoms with E-state index in [1.54, 1.807) is 13.8 Å². The average molecular weight is 304 g/mol. The van der Waals surface area contributed by atoms with Gasteiger partial charge < -0.3 is 10.6 Å². The highest BCUT2D eigenvalue weighted by Crippen LogP contribution is 2.37. The Hall–Kier alpha value is -2.33. The molecule has 1 aliphatic heterocycles. The maximum atomic E-state index is 12.2. The summed E-state index contributed by atoms with van der Waals surface area (Å²) in [6.45, 7) is 5.75. The quantitative estimate of drug-likeness (QED) is 0.880. The first kappa shape index (κ1) is 15.1. The summed E-state index contributed by atoms with van der Waals surface area (Å²) < 4.78 is 0. The van der Waals surface area contributed by atoms with Crippen LogP contribution in [0.15, 0.2) is 22.7 Å². The summed E-state index contributed by atoms with van der Waals surface area (Å²) in [4.78, 5) is 26.3. The van der Waals surface area contributed by atoms with Crippen LogP contribution in [0.2, 0.25) is 0 Å². The molecule has 1 aromatic rings. The third kappa shape index (κ3) is 2.62. The van der Waals surface area contributed by atoms with Crippen LogP contribution in [0.5, 0.6) is 0 Å². The molecule has 4 amide bonds. The molecule has 110 valence electrons. The van der Waals surface area contributed by atoms with Crippen LogP contribution in [0, 0.1) is 18.3 Å². The van der Waals surface area contributed by atoms with Gasteiger partial charge in [0, 0.05) is 17.1 Å². The number of urea groups is 2. The van der Waals surface area contributed by atoms with Crippen molar-refractivity contribution in [3.05, 3.63) is 33.2 Å². The van der Waals surface area contributed by atoms with Crippen molar-refractivity contribution in [2.45, 2.75) is 26.8 Å². The SMILES string of the molecule is CCNC(=O)N1C(=O)NC(C)=C(C#N)C1c1sccc1C. The molecule has 1 aliphatic rings. The van der Waals surface area contributed by atoms with Gasteiger partial charge in [-0.05, 0) is 37.8 Å². The van der Waals surface area contributed by atoms with Gasteiger partial charge in [0.05, 0.1) is 11.6 Å². The molecule has 2 N–H and O–H groups in total. The molecule has 0 aromatic carbocycles. The maximum absolute atomic E-state index is 12.2. The number of hydrogen-bond donors (Lipinski definition) is 2. The summed E-state index contributed by atoms with van der Waals surface area (Å²) in [5.41, 5.74) is 1.82. The maximum Gasteiger partial charge on any atom is 0.330 e. The van der Waals surface area contributed by atoms with Gasteiger partial charge in [0.25, 0.3) is 0 Å². The lowest BCUT2D eigenvalue weighted by molar-refractivity contribution is 0.174. The van der Waals surface area contributed by atoms with Crippen molar-refractivity contribution in [1.82, 2.24) is 15.5 Å². The lowest BCUT2D eigenvalue weighted by Gasteiger charge is -2.34. The Labute approximate surface area is 127 Å². The van der Waals surface area contributed by atoms with Crippen LogP contribution in [0.25, 0.3) is 0 Å². The van der Waals surface area contributed by atoms with Crippen molar-refractivity contribution in [2.75, 3.05) is 6.54 Å². The third-order valence-corrected chi connectivity index (χ3v) is 4.34. The minimum absolute atomic E-state index is 0.381. The lowest BCUT2D eigenvalue weighted by Crippen LogP contribution is -2.53. The van der Waals surface area contributed by atoms with E-state index in [4.69, 9.17) is 0 Å². The summed E-state index contributed by atoms with van der Waals surface area (Å²) in [6.07, 6.45) is 0. The van der Waals surface area contributed by atoms with Gasteiger partial charge >= 0.3 is 12.1 Å². The van der Waals surface area contributed by atoms with E-state index in [0.29, 0.717) is 17.8 Å². The van der Waals surface area contributed by atoms with Crippen molar-refractivity contribution in [3.8, 4) is 6.07 Å². The predicted octanol–water partition coefficient (Wildman–Crippen LogP) is 2.65. The van der Waals surface area contributed by atoms with Crippen molar-refractivity contribution in [1.29, 1.82) is 5.26 Å².